The minimum Gasteiger partial charge on any atom is -0.475 e. The molecule has 0 atom stereocenters. The Balaban J connectivity index is 1.95. The normalized spacial score (nSPS) is 15.3. The molecular weight excluding hydrogens is 222 g/mol. The molecule has 2 nitrogen and oxygen atoms in total. The topological polar surface area (TPSA) is 22.1 Å². The first kappa shape index (κ1) is 11.5. The Kier molecular flexibility index (Phi) is 2.94. The first-order valence-electron chi connectivity index (χ1n) is 6.76. The number of fused-ring (bicyclic) bond motifs is 1. The summed E-state index contributed by atoms with van der Waals surface area (Å²) in [7, 11) is 0. The monoisotopic (exact) mass is 241 g/mol. The maximum Gasteiger partial charge on any atom is 0.221 e. The predicted molar refractivity (Wildman–Crippen MR) is 73.9 cm³/mol. The summed E-state index contributed by atoms with van der Waals surface area (Å²) in [4.78, 5) is 4.33. The van der Waals surface area contributed by atoms with Crippen LogP contribution in [0.2, 0.25) is 0 Å². The molecule has 0 aliphatic heterocycles. The van der Waals surface area contributed by atoms with E-state index in [1.807, 2.05) is 20.0 Å². The van der Waals surface area contributed by atoms with Crippen LogP contribution in [0.25, 0.3) is 10.8 Å². The van der Waals surface area contributed by atoms with Crippen molar-refractivity contribution in [2.75, 3.05) is 0 Å². The molecule has 94 valence electrons. The van der Waals surface area contributed by atoms with Crippen LogP contribution >= 0.6 is 0 Å². The highest BCUT2D eigenvalue weighted by atomic mass is 16.5. The average Bonchev–Trinajstić information content (AvgIpc) is 3.12. The van der Waals surface area contributed by atoms with Crippen molar-refractivity contribution in [1.29, 1.82) is 0 Å². The van der Waals surface area contributed by atoms with Crippen molar-refractivity contribution in [3.05, 3.63) is 36.0 Å². The molecule has 1 aromatic carbocycles. The SMILES string of the molecule is CC(C)Oc1nccc2cc(CC3CC3)ccc12. The predicted octanol–water partition coefficient (Wildman–Crippen LogP) is 3.97. The summed E-state index contributed by atoms with van der Waals surface area (Å²) in [6.45, 7) is 4.06. The lowest BCUT2D eigenvalue weighted by Gasteiger charge is -2.11. The van der Waals surface area contributed by atoms with Crippen molar-refractivity contribution in [2.45, 2.75) is 39.2 Å². The fourth-order valence-corrected chi connectivity index (χ4v) is 2.30. The third-order valence-corrected chi connectivity index (χ3v) is 3.36. The summed E-state index contributed by atoms with van der Waals surface area (Å²) >= 11 is 0. The van der Waals surface area contributed by atoms with Crippen molar-refractivity contribution in [2.24, 2.45) is 5.92 Å². The largest absolute Gasteiger partial charge is 0.475 e. The average molecular weight is 241 g/mol. The Bertz CT molecular complexity index is 558. The summed E-state index contributed by atoms with van der Waals surface area (Å²) in [5, 5.41) is 2.35. The maximum atomic E-state index is 5.75. The van der Waals surface area contributed by atoms with Crippen LogP contribution in [0.15, 0.2) is 30.5 Å². The van der Waals surface area contributed by atoms with Gasteiger partial charge in [0.25, 0.3) is 0 Å². The summed E-state index contributed by atoms with van der Waals surface area (Å²) in [6, 6.07) is 8.72. The molecular formula is C16H19NO. The zero-order valence-corrected chi connectivity index (χ0v) is 11.0. The zero-order valence-electron chi connectivity index (χ0n) is 11.0. The van der Waals surface area contributed by atoms with Crippen LogP contribution in [-0.4, -0.2) is 11.1 Å². The van der Waals surface area contributed by atoms with Gasteiger partial charge in [0, 0.05) is 11.6 Å². The first-order chi connectivity index (χ1) is 8.72. The van der Waals surface area contributed by atoms with E-state index in [0.717, 1.165) is 17.2 Å². The van der Waals surface area contributed by atoms with Gasteiger partial charge in [-0.2, -0.15) is 0 Å². The van der Waals surface area contributed by atoms with Gasteiger partial charge in [0.05, 0.1) is 6.10 Å². The quantitative estimate of drug-likeness (QED) is 0.808. The van der Waals surface area contributed by atoms with Gasteiger partial charge in [-0.25, -0.2) is 4.98 Å². The molecule has 0 spiro atoms. The minimum atomic E-state index is 0.161. The van der Waals surface area contributed by atoms with Crippen LogP contribution in [0.5, 0.6) is 5.88 Å². The molecule has 0 unspecified atom stereocenters. The Morgan fingerprint density at radius 3 is 2.83 bits per heavy atom. The van der Waals surface area contributed by atoms with Crippen LogP contribution in [-0.2, 0) is 6.42 Å². The van der Waals surface area contributed by atoms with E-state index in [9.17, 15) is 0 Å². The summed E-state index contributed by atoms with van der Waals surface area (Å²) in [6.07, 6.45) is 6.01. The van der Waals surface area contributed by atoms with E-state index in [2.05, 4.69) is 29.2 Å². The second-order valence-electron chi connectivity index (χ2n) is 5.49. The molecule has 1 saturated carbocycles. The number of benzene rings is 1. The first-order valence-corrected chi connectivity index (χ1v) is 6.76. The van der Waals surface area contributed by atoms with Crippen LogP contribution in [0.1, 0.15) is 32.3 Å². The summed E-state index contributed by atoms with van der Waals surface area (Å²) in [5.74, 6) is 1.68. The molecule has 1 fully saturated rings. The van der Waals surface area contributed by atoms with E-state index in [0.29, 0.717) is 0 Å². The van der Waals surface area contributed by atoms with Crippen LogP contribution in [0.3, 0.4) is 0 Å². The lowest BCUT2D eigenvalue weighted by molar-refractivity contribution is 0.236. The third kappa shape index (κ3) is 2.47. The Morgan fingerprint density at radius 2 is 2.11 bits per heavy atom. The van der Waals surface area contributed by atoms with Crippen molar-refractivity contribution in [3.8, 4) is 5.88 Å². The van der Waals surface area contributed by atoms with E-state index < -0.39 is 0 Å². The molecule has 0 radical (unpaired) electrons. The maximum absolute atomic E-state index is 5.75. The van der Waals surface area contributed by atoms with E-state index in [1.54, 1.807) is 0 Å². The van der Waals surface area contributed by atoms with Gasteiger partial charge in [0.2, 0.25) is 5.88 Å². The van der Waals surface area contributed by atoms with Gasteiger partial charge in [0.1, 0.15) is 0 Å². The summed E-state index contributed by atoms with van der Waals surface area (Å²) in [5.41, 5.74) is 1.44. The van der Waals surface area contributed by atoms with Gasteiger partial charge in [0.15, 0.2) is 0 Å². The Morgan fingerprint density at radius 1 is 1.28 bits per heavy atom. The van der Waals surface area contributed by atoms with Gasteiger partial charge in [-0.15, -0.1) is 0 Å². The van der Waals surface area contributed by atoms with E-state index in [1.165, 1.54) is 30.2 Å². The van der Waals surface area contributed by atoms with E-state index >= 15 is 0 Å². The summed E-state index contributed by atoms with van der Waals surface area (Å²) < 4.78 is 5.75. The van der Waals surface area contributed by atoms with E-state index in [4.69, 9.17) is 4.74 Å². The fourth-order valence-electron chi connectivity index (χ4n) is 2.30. The lowest BCUT2D eigenvalue weighted by Crippen LogP contribution is -2.07. The number of ether oxygens (including phenoxy) is 1. The van der Waals surface area contributed by atoms with E-state index in [-0.39, 0.29) is 6.10 Å². The number of rotatable bonds is 4. The number of aromatic nitrogens is 1. The molecule has 2 aromatic rings. The molecule has 0 amide bonds. The molecule has 18 heavy (non-hydrogen) atoms. The van der Waals surface area contributed by atoms with Crippen LogP contribution < -0.4 is 4.74 Å². The van der Waals surface area contributed by atoms with Gasteiger partial charge in [-0.1, -0.05) is 12.1 Å². The van der Waals surface area contributed by atoms with Gasteiger partial charge in [-0.05, 0) is 62.1 Å². The highest BCUT2D eigenvalue weighted by Crippen LogP contribution is 2.34. The van der Waals surface area contributed by atoms with Gasteiger partial charge >= 0.3 is 0 Å². The van der Waals surface area contributed by atoms with Crippen molar-refractivity contribution in [1.82, 2.24) is 4.98 Å². The molecule has 0 bridgehead atoms. The second kappa shape index (κ2) is 4.60. The van der Waals surface area contributed by atoms with Crippen LogP contribution in [0.4, 0.5) is 0 Å². The molecule has 1 aliphatic carbocycles. The molecule has 0 N–H and O–H groups in total. The van der Waals surface area contributed by atoms with Gasteiger partial charge in [-0.3, -0.25) is 0 Å². The molecule has 1 aliphatic rings. The highest BCUT2D eigenvalue weighted by Gasteiger charge is 2.21. The smallest absolute Gasteiger partial charge is 0.221 e. The van der Waals surface area contributed by atoms with Crippen LogP contribution in [0, 0.1) is 5.92 Å². The second-order valence-corrected chi connectivity index (χ2v) is 5.49. The molecule has 1 aromatic heterocycles. The van der Waals surface area contributed by atoms with Crippen molar-refractivity contribution >= 4 is 10.8 Å². The molecule has 3 rings (SSSR count). The lowest BCUT2D eigenvalue weighted by atomic mass is 10.0. The zero-order chi connectivity index (χ0) is 12.5. The third-order valence-electron chi connectivity index (χ3n) is 3.36. The standard InChI is InChI=1S/C16H19NO/c1-11(2)18-16-15-6-5-13(9-12-3-4-12)10-14(15)7-8-17-16/h5-8,10-12H,3-4,9H2,1-2H3. The molecule has 0 saturated heterocycles. The minimum absolute atomic E-state index is 0.161. The van der Waals surface area contributed by atoms with Crippen molar-refractivity contribution in [3.63, 3.8) is 0 Å². The molecule has 2 heteroatoms. The number of nitrogens with zero attached hydrogens (tertiary/aromatic N) is 1. The Hall–Kier alpha value is -1.57. The van der Waals surface area contributed by atoms with Crippen molar-refractivity contribution < 1.29 is 4.74 Å². The molecule has 1 heterocycles. The number of hydrogen-bond acceptors (Lipinski definition) is 2. The van der Waals surface area contributed by atoms with Gasteiger partial charge < -0.3 is 4.74 Å². The Labute approximate surface area is 108 Å². The fraction of sp³-hybridized carbons (Fsp3) is 0.438. The number of hydrogen-bond donors (Lipinski definition) is 0. The highest BCUT2D eigenvalue weighted by molar-refractivity contribution is 5.87. The number of pyridine rings is 1.